The van der Waals surface area contributed by atoms with E-state index in [1.807, 2.05) is 19.2 Å². The molecule has 1 aromatic rings. The molecular weight excluding hydrogens is 258 g/mol. The summed E-state index contributed by atoms with van der Waals surface area (Å²) in [5, 5.41) is 3.28. The van der Waals surface area contributed by atoms with Crippen LogP contribution >= 0.6 is 0 Å². The molecule has 0 saturated carbocycles. The second-order valence-corrected chi connectivity index (χ2v) is 7.60. The van der Waals surface area contributed by atoms with Crippen molar-refractivity contribution in [2.45, 2.75) is 44.6 Å². The fraction of sp³-hybridized carbons (Fsp3) is 0.600. The fourth-order valence-electron chi connectivity index (χ4n) is 2.49. The summed E-state index contributed by atoms with van der Waals surface area (Å²) in [5.41, 5.74) is 1.19. The summed E-state index contributed by atoms with van der Waals surface area (Å²) in [7, 11) is -1.15. The third-order valence-electron chi connectivity index (χ3n) is 3.72. The van der Waals surface area contributed by atoms with E-state index in [-0.39, 0.29) is 5.75 Å². The lowest BCUT2D eigenvalue weighted by Gasteiger charge is -2.27. The van der Waals surface area contributed by atoms with Crippen LogP contribution in [-0.4, -0.2) is 27.3 Å². The van der Waals surface area contributed by atoms with E-state index in [1.54, 1.807) is 19.1 Å². The average molecular weight is 283 g/mol. The van der Waals surface area contributed by atoms with Crippen molar-refractivity contribution in [2.24, 2.45) is 5.92 Å². The smallest absolute Gasteiger partial charge is 0.178 e. The Kier molecular flexibility index (Phi) is 5.56. The molecule has 19 heavy (non-hydrogen) atoms. The number of hydrogen-bond acceptors (Lipinski definition) is 3. The first kappa shape index (κ1) is 16.2. The number of rotatable bonds is 6. The second kappa shape index (κ2) is 6.53. The van der Waals surface area contributed by atoms with Gasteiger partial charge < -0.3 is 5.32 Å². The zero-order chi connectivity index (χ0) is 14.6. The highest BCUT2D eigenvalue weighted by Crippen LogP contribution is 2.28. The fourth-order valence-corrected chi connectivity index (χ4v) is 3.38. The minimum atomic E-state index is -3.10. The van der Waals surface area contributed by atoms with Gasteiger partial charge in [-0.15, -0.1) is 0 Å². The van der Waals surface area contributed by atoms with Gasteiger partial charge in [-0.2, -0.15) is 0 Å². The molecule has 1 aromatic carbocycles. The first-order chi connectivity index (χ1) is 8.83. The normalized spacial score (nSPS) is 15.5. The van der Waals surface area contributed by atoms with Gasteiger partial charge in [-0.25, -0.2) is 8.42 Å². The Morgan fingerprint density at radius 1 is 1.11 bits per heavy atom. The Balaban J connectivity index is 3.09. The highest BCUT2D eigenvalue weighted by Gasteiger charge is 2.22. The monoisotopic (exact) mass is 283 g/mol. The molecule has 4 heteroatoms. The molecule has 1 rings (SSSR count). The molecule has 3 nitrogen and oxygen atoms in total. The number of nitrogens with one attached hydrogen (secondary N) is 1. The number of sulfone groups is 1. The minimum absolute atomic E-state index is 0.146. The van der Waals surface area contributed by atoms with E-state index in [0.29, 0.717) is 22.8 Å². The molecule has 0 aromatic heterocycles. The molecule has 0 aliphatic heterocycles. The predicted molar refractivity (Wildman–Crippen MR) is 80.3 cm³/mol. The van der Waals surface area contributed by atoms with Crippen LogP contribution in [0.4, 0.5) is 0 Å². The first-order valence-electron chi connectivity index (χ1n) is 6.83. The van der Waals surface area contributed by atoms with Crippen LogP contribution in [0, 0.1) is 5.92 Å². The number of likely N-dealkylation sites (N-methyl/N-ethyl adjacent to an activating group) is 1. The molecule has 1 N–H and O–H groups in total. The number of hydrogen-bond donors (Lipinski definition) is 1. The second-order valence-electron chi connectivity index (χ2n) is 5.32. The van der Waals surface area contributed by atoms with Gasteiger partial charge in [0.05, 0.1) is 10.6 Å². The minimum Gasteiger partial charge on any atom is -0.317 e. The molecule has 0 fully saturated rings. The molecule has 0 saturated heterocycles. The van der Waals surface area contributed by atoms with Crippen LogP contribution in [0.25, 0.3) is 0 Å². The van der Waals surface area contributed by atoms with Gasteiger partial charge in [0.15, 0.2) is 9.84 Å². The molecule has 0 amide bonds. The van der Waals surface area contributed by atoms with Crippen LogP contribution in [-0.2, 0) is 9.84 Å². The molecule has 108 valence electrons. The van der Waals surface area contributed by atoms with Crippen LogP contribution < -0.4 is 5.32 Å². The van der Waals surface area contributed by atoms with E-state index in [0.717, 1.165) is 0 Å². The standard InChI is InChI=1S/C15H25NO2S/c1-6-19(17,18)14-9-7-13(8-10-14)15(11(2)3)12(4)16-5/h7-12,15-16H,6H2,1-5H3. The van der Waals surface area contributed by atoms with Gasteiger partial charge >= 0.3 is 0 Å². The summed E-state index contributed by atoms with van der Waals surface area (Å²) in [4.78, 5) is 0.415. The SMILES string of the molecule is CCS(=O)(=O)c1ccc(C(C(C)C)C(C)NC)cc1. The predicted octanol–water partition coefficient (Wildman–Crippen LogP) is 2.83. The first-order valence-corrected chi connectivity index (χ1v) is 8.48. The lowest BCUT2D eigenvalue weighted by molar-refractivity contribution is 0.395. The summed E-state index contributed by atoms with van der Waals surface area (Å²) in [6, 6.07) is 7.70. The highest BCUT2D eigenvalue weighted by atomic mass is 32.2. The Bertz CT molecular complexity index is 491. The zero-order valence-electron chi connectivity index (χ0n) is 12.5. The molecule has 0 radical (unpaired) electrons. The van der Waals surface area contributed by atoms with Crippen LogP contribution in [0.5, 0.6) is 0 Å². The Hall–Kier alpha value is -0.870. The van der Waals surface area contributed by atoms with E-state index < -0.39 is 9.84 Å². The quantitative estimate of drug-likeness (QED) is 0.873. The average Bonchev–Trinajstić information content (AvgIpc) is 2.39. The van der Waals surface area contributed by atoms with Crippen LogP contribution in [0.15, 0.2) is 29.2 Å². The van der Waals surface area contributed by atoms with E-state index in [2.05, 4.69) is 26.1 Å². The summed E-state index contributed by atoms with van der Waals surface area (Å²) < 4.78 is 23.6. The van der Waals surface area contributed by atoms with Gasteiger partial charge in [-0.1, -0.05) is 32.9 Å². The van der Waals surface area contributed by atoms with Crippen LogP contribution in [0.1, 0.15) is 39.2 Å². The van der Waals surface area contributed by atoms with Gasteiger partial charge in [0.1, 0.15) is 0 Å². The molecule has 2 atom stereocenters. The summed E-state index contributed by atoms with van der Waals surface area (Å²) in [5.74, 6) is 1.02. The molecule has 2 unspecified atom stereocenters. The van der Waals surface area contributed by atoms with Gasteiger partial charge in [-0.3, -0.25) is 0 Å². The lowest BCUT2D eigenvalue weighted by Crippen LogP contribution is -2.31. The third-order valence-corrected chi connectivity index (χ3v) is 5.47. The van der Waals surface area contributed by atoms with E-state index in [1.165, 1.54) is 5.56 Å². The molecule has 0 heterocycles. The van der Waals surface area contributed by atoms with Crippen molar-refractivity contribution >= 4 is 9.84 Å². The zero-order valence-corrected chi connectivity index (χ0v) is 13.3. The summed E-state index contributed by atoms with van der Waals surface area (Å²) >= 11 is 0. The maximum atomic E-state index is 11.8. The maximum Gasteiger partial charge on any atom is 0.178 e. The molecular formula is C15H25NO2S. The van der Waals surface area contributed by atoms with Gasteiger partial charge in [-0.05, 0) is 37.6 Å². The van der Waals surface area contributed by atoms with Crippen molar-refractivity contribution in [1.29, 1.82) is 0 Å². The van der Waals surface area contributed by atoms with Crippen molar-refractivity contribution in [3.63, 3.8) is 0 Å². The van der Waals surface area contributed by atoms with E-state index >= 15 is 0 Å². The highest BCUT2D eigenvalue weighted by molar-refractivity contribution is 7.91. The molecule has 0 spiro atoms. The van der Waals surface area contributed by atoms with Crippen molar-refractivity contribution in [1.82, 2.24) is 5.32 Å². The molecule has 0 aliphatic rings. The van der Waals surface area contributed by atoms with Crippen molar-refractivity contribution in [3.05, 3.63) is 29.8 Å². The largest absolute Gasteiger partial charge is 0.317 e. The van der Waals surface area contributed by atoms with Crippen LogP contribution in [0.3, 0.4) is 0 Å². The van der Waals surface area contributed by atoms with Gasteiger partial charge in [0.2, 0.25) is 0 Å². The maximum absolute atomic E-state index is 11.8. The lowest BCUT2D eigenvalue weighted by atomic mass is 9.83. The van der Waals surface area contributed by atoms with Crippen molar-refractivity contribution in [3.8, 4) is 0 Å². The number of benzene rings is 1. The Morgan fingerprint density at radius 2 is 1.63 bits per heavy atom. The Labute approximate surface area is 117 Å². The topological polar surface area (TPSA) is 46.2 Å². The molecule has 0 aliphatic carbocycles. The van der Waals surface area contributed by atoms with Crippen molar-refractivity contribution < 1.29 is 8.42 Å². The third kappa shape index (κ3) is 3.80. The van der Waals surface area contributed by atoms with Crippen LogP contribution in [0.2, 0.25) is 0 Å². The summed E-state index contributed by atoms with van der Waals surface area (Å²) in [6.07, 6.45) is 0. The van der Waals surface area contributed by atoms with Gasteiger partial charge in [0.25, 0.3) is 0 Å². The van der Waals surface area contributed by atoms with E-state index in [9.17, 15) is 8.42 Å². The van der Waals surface area contributed by atoms with Crippen molar-refractivity contribution in [2.75, 3.05) is 12.8 Å². The van der Waals surface area contributed by atoms with E-state index in [4.69, 9.17) is 0 Å². The van der Waals surface area contributed by atoms with Gasteiger partial charge in [0, 0.05) is 12.0 Å². The Morgan fingerprint density at radius 3 is 2.00 bits per heavy atom. The molecule has 0 bridgehead atoms. The summed E-state index contributed by atoms with van der Waals surface area (Å²) in [6.45, 7) is 8.20.